The van der Waals surface area contributed by atoms with Crippen LogP contribution in [0.1, 0.15) is 36.8 Å². The fraction of sp³-hybridized carbons (Fsp3) is 0.333. The van der Waals surface area contributed by atoms with Crippen LogP contribution in [0.2, 0.25) is 0 Å². The Labute approximate surface area is 115 Å². The molecule has 0 aliphatic carbocycles. The summed E-state index contributed by atoms with van der Waals surface area (Å²) in [5.41, 5.74) is 2.58. The third kappa shape index (κ3) is 3.93. The monoisotopic (exact) mass is 254 g/mol. The summed E-state index contributed by atoms with van der Waals surface area (Å²) in [6.45, 7) is 2.04. The van der Waals surface area contributed by atoms with Crippen molar-refractivity contribution in [2.75, 3.05) is 0 Å². The van der Waals surface area contributed by atoms with Gasteiger partial charge >= 0.3 is 0 Å². The zero-order valence-corrected chi connectivity index (χ0v) is 11.5. The lowest BCUT2D eigenvalue weighted by Gasteiger charge is -2.22. The summed E-state index contributed by atoms with van der Waals surface area (Å²) in [5.74, 6) is 0.228. The molecule has 0 heterocycles. The zero-order chi connectivity index (χ0) is 13.5. The molecule has 100 valence electrons. The molecule has 0 aromatic heterocycles. The third-order valence-corrected chi connectivity index (χ3v) is 3.70. The van der Waals surface area contributed by atoms with Crippen LogP contribution in [-0.2, 0) is 6.42 Å². The van der Waals surface area contributed by atoms with Crippen molar-refractivity contribution in [3.05, 3.63) is 71.8 Å². The van der Waals surface area contributed by atoms with Crippen LogP contribution >= 0.6 is 0 Å². The summed E-state index contributed by atoms with van der Waals surface area (Å²) < 4.78 is 0. The van der Waals surface area contributed by atoms with Crippen molar-refractivity contribution in [3.63, 3.8) is 0 Å². The topological polar surface area (TPSA) is 20.2 Å². The molecule has 1 nitrogen and oxygen atoms in total. The summed E-state index contributed by atoms with van der Waals surface area (Å²) in [7, 11) is 0. The molecule has 0 fully saturated rings. The minimum absolute atomic E-state index is 0.228. The highest BCUT2D eigenvalue weighted by molar-refractivity contribution is 5.22. The molecule has 19 heavy (non-hydrogen) atoms. The summed E-state index contributed by atoms with van der Waals surface area (Å²) in [5, 5.41) is 10.2. The Morgan fingerprint density at radius 2 is 1.47 bits per heavy atom. The second kappa shape index (κ2) is 7.10. The lowest BCUT2D eigenvalue weighted by Crippen LogP contribution is -2.18. The van der Waals surface area contributed by atoms with Gasteiger partial charge in [-0.2, -0.15) is 0 Å². The molecule has 2 aromatic rings. The van der Waals surface area contributed by atoms with Gasteiger partial charge in [0, 0.05) is 5.92 Å². The van der Waals surface area contributed by atoms with Crippen molar-refractivity contribution in [2.24, 2.45) is 0 Å². The number of rotatable bonds is 6. The third-order valence-electron chi connectivity index (χ3n) is 3.70. The van der Waals surface area contributed by atoms with E-state index in [-0.39, 0.29) is 12.0 Å². The molecule has 0 spiro atoms. The Bertz CT molecular complexity index is 464. The Kier molecular flexibility index (Phi) is 5.17. The fourth-order valence-corrected chi connectivity index (χ4v) is 2.53. The quantitative estimate of drug-likeness (QED) is 0.820. The van der Waals surface area contributed by atoms with Crippen molar-refractivity contribution in [1.82, 2.24) is 0 Å². The first-order chi connectivity index (χ1) is 9.31. The molecular formula is C18H22O. The SMILES string of the molecule is CC[C@H](O)[C@H](CCc1ccccc1)c1ccccc1. The molecule has 0 amide bonds. The van der Waals surface area contributed by atoms with Crippen LogP contribution in [0.4, 0.5) is 0 Å². The lowest BCUT2D eigenvalue weighted by atomic mass is 9.87. The van der Waals surface area contributed by atoms with E-state index in [1.54, 1.807) is 0 Å². The molecule has 2 aromatic carbocycles. The lowest BCUT2D eigenvalue weighted by molar-refractivity contribution is 0.134. The summed E-state index contributed by atoms with van der Waals surface area (Å²) in [6.07, 6.45) is 2.54. The smallest absolute Gasteiger partial charge is 0.0606 e. The van der Waals surface area contributed by atoms with Gasteiger partial charge in [-0.3, -0.25) is 0 Å². The summed E-state index contributed by atoms with van der Waals surface area (Å²) >= 11 is 0. The summed E-state index contributed by atoms with van der Waals surface area (Å²) in [4.78, 5) is 0. The van der Waals surface area contributed by atoms with Gasteiger partial charge in [0.05, 0.1) is 6.10 Å². The predicted molar refractivity (Wildman–Crippen MR) is 80.2 cm³/mol. The number of hydrogen-bond acceptors (Lipinski definition) is 1. The average Bonchev–Trinajstić information content (AvgIpc) is 2.49. The van der Waals surface area contributed by atoms with E-state index >= 15 is 0 Å². The molecular weight excluding hydrogens is 232 g/mol. The van der Waals surface area contributed by atoms with Crippen LogP contribution in [0.15, 0.2) is 60.7 Å². The molecule has 0 aliphatic rings. The van der Waals surface area contributed by atoms with E-state index in [1.807, 2.05) is 31.2 Å². The normalized spacial score (nSPS) is 14.0. The molecule has 0 saturated carbocycles. The molecule has 1 heteroatoms. The molecule has 0 aliphatic heterocycles. The zero-order valence-electron chi connectivity index (χ0n) is 11.5. The fourth-order valence-electron chi connectivity index (χ4n) is 2.53. The van der Waals surface area contributed by atoms with Crippen LogP contribution in [-0.4, -0.2) is 11.2 Å². The van der Waals surface area contributed by atoms with Crippen molar-refractivity contribution < 1.29 is 5.11 Å². The molecule has 0 bridgehead atoms. The van der Waals surface area contributed by atoms with E-state index in [9.17, 15) is 5.11 Å². The first-order valence-corrected chi connectivity index (χ1v) is 7.08. The Morgan fingerprint density at radius 3 is 2.05 bits per heavy atom. The molecule has 0 saturated heterocycles. The molecule has 1 N–H and O–H groups in total. The van der Waals surface area contributed by atoms with E-state index in [0.717, 1.165) is 19.3 Å². The van der Waals surface area contributed by atoms with E-state index < -0.39 is 0 Å². The van der Waals surface area contributed by atoms with Crippen molar-refractivity contribution >= 4 is 0 Å². The summed E-state index contributed by atoms with van der Waals surface area (Å²) in [6, 6.07) is 20.9. The Hall–Kier alpha value is -1.60. The average molecular weight is 254 g/mol. The first-order valence-electron chi connectivity index (χ1n) is 7.08. The van der Waals surface area contributed by atoms with Crippen LogP contribution in [0.25, 0.3) is 0 Å². The number of hydrogen-bond donors (Lipinski definition) is 1. The maximum Gasteiger partial charge on any atom is 0.0606 e. The number of aryl methyl sites for hydroxylation is 1. The van der Waals surface area contributed by atoms with Gasteiger partial charge in [0.2, 0.25) is 0 Å². The van der Waals surface area contributed by atoms with E-state index in [0.29, 0.717) is 0 Å². The van der Waals surface area contributed by atoms with Gasteiger partial charge in [0.1, 0.15) is 0 Å². The number of aliphatic hydroxyl groups is 1. The van der Waals surface area contributed by atoms with Crippen molar-refractivity contribution in [1.29, 1.82) is 0 Å². The second-order valence-electron chi connectivity index (χ2n) is 5.02. The minimum Gasteiger partial charge on any atom is -0.393 e. The van der Waals surface area contributed by atoms with Gasteiger partial charge in [-0.25, -0.2) is 0 Å². The van der Waals surface area contributed by atoms with Gasteiger partial charge in [-0.1, -0.05) is 67.6 Å². The van der Waals surface area contributed by atoms with E-state index in [2.05, 4.69) is 36.4 Å². The van der Waals surface area contributed by atoms with Crippen molar-refractivity contribution in [3.8, 4) is 0 Å². The van der Waals surface area contributed by atoms with Gasteiger partial charge in [-0.15, -0.1) is 0 Å². The molecule has 0 unspecified atom stereocenters. The van der Waals surface area contributed by atoms with Crippen LogP contribution in [0.5, 0.6) is 0 Å². The van der Waals surface area contributed by atoms with Crippen LogP contribution in [0, 0.1) is 0 Å². The standard InChI is InChI=1S/C18H22O/c1-2-18(19)17(16-11-7-4-8-12-16)14-13-15-9-5-3-6-10-15/h3-12,17-19H,2,13-14H2,1H3/t17-,18+/m1/s1. The highest BCUT2D eigenvalue weighted by Gasteiger charge is 2.19. The predicted octanol–water partition coefficient (Wildman–Crippen LogP) is 4.17. The minimum atomic E-state index is -0.258. The van der Waals surface area contributed by atoms with Gasteiger partial charge in [-0.05, 0) is 30.4 Å². The van der Waals surface area contributed by atoms with Crippen molar-refractivity contribution in [2.45, 2.75) is 38.2 Å². The largest absolute Gasteiger partial charge is 0.393 e. The van der Waals surface area contributed by atoms with Gasteiger partial charge < -0.3 is 5.11 Å². The molecule has 0 radical (unpaired) electrons. The van der Waals surface area contributed by atoms with Crippen LogP contribution in [0.3, 0.4) is 0 Å². The number of aliphatic hydroxyl groups excluding tert-OH is 1. The molecule has 2 rings (SSSR count). The molecule has 2 atom stereocenters. The van der Waals surface area contributed by atoms with Gasteiger partial charge in [0.25, 0.3) is 0 Å². The van der Waals surface area contributed by atoms with Gasteiger partial charge in [0.15, 0.2) is 0 Å². The second-order valence-corrected chi connectivity index (χ2v) is 5.02. The number of benzene rings is 2. The maximum atomic E-state index is 10.2. The highest BCUT2D eigenvalue weighted by Crippen LogP contribution is 2.26. The van der Waals surface area contributed by atoms with E-state index in [4.69, 9.17) is 0 Å². The Morgan fingerprint density at radius 1 is 0.895 bits per heavy atom. The van der Waals surface area contributed by atoms with Crippen LogP contribution < -0.4 is 0 Å². The maximum absolute atomic E-state index is 10.2. The van der Waals surface area contributed by atoms with E-state index in [1.165, 1.54) is 11.1 Å². The Balaban J connectivity index is 2.07. The highest BCUT2D eigenvalue weighted by atomic mass is 16.3. The first kappa shape index (κ1) is 13.8.